The van der Waals surface area contributed by atoms with E-state index in [1.807, 2.05) is 32.0 Å². The molecule has 0 radical (unpaired) electrons. The zero-order chi connectivity index (χ0) is 13.0. The molecule has 0 amide bonds. The quantitative estimate of drug-likeness (QED) is 0.840. The first-order valence-corrected chi connectivity index (χ1v) is 6.90. The first-order chi connectivity index (χ1) is 8.62. The average molecular weight is 263 g/mol. The van der Waals surface area contributed by atoms with Crippen molar-refractivity contribution in [3.8, 4) is 0 Å². The molecule has 1 heterocycles. The molecule has 0 aliphatic rings. The molecule has 1 aromatic heterocycles. The van der Waals surface area contributed by atoms with Crippen LogP contribution in [0.3, 0.4) is 0 Å². The Morgan fingerprint density at radius 3 is 2.72 bits per heavy atom. The molecule has 1 aromatic carbocycles. The second-order valence-electron chi connectivity index (χ2n) is 4.38. The van der Waals surface area contributed by atoms with Gasteiger partial charge in [0.1, 0.15) is 0 Å². The van der Waals surface area contributed by atoms with E-state index in [1.54, 1.807) is 11.8 Å². The topological polar surface area (TPSA) is 64.9 Å². The summed E-state index contributed by atoms with van der Waals surface area (Å²) in [5, 5.41) is 3.95. The van der Waals surface area contributed by atoms with E-state index >= 15 is 0 Å². The molecule has 0 saturated heterocycles. The Morgan fingerprint density at radius 2 is 2.06 bits per heavy atom. The number of nitrogens with zero attached hydrogens (tertiary/aromatic N) is 2. The van der Waals surface area contributed by atoms with Crippen LogP contribution in [0.4, 0.5) is 0 Å². The molecule has 18 heavy (non-hydrogen) atoms. The van der Waals surface area contributed by atoms with Gasteiger partial charge in [0, 0.05) is 4.90 Å². The Hall–Kier alpha value is -1.33. The van der Waals surface area contributed by atoms with Gasteiger partial charge in [0.2, 0.25) is 5.89 Å². The van der Waals surface area contributed by atoms with Crippen molar-refractivity contribution >= 4 is 11.8 Å². The van der Waals surface area contributed by atoms with Crippen LogP contribution < -0.4 is 5.73 Å². The summed E-state index contributed by atoms with van der Waals surface area (Å²) in [6.07, 6.45) is 0.776. The van der Waals surface area contributed by atoms with Crippen LogP contribution in [-0.2, 0) is 11.3 Å². The van der Waals surface area contributed by atoms with E-state index in [1.165, 1.54) is 4.90 Å². The molecule has 2 aromatic rings. The van der Waals surface area contributed by atoms with Crippen LogP contribution in [0.1, 0.15) is 32.0 Å². The number of hydrogen-bond donors (Lipinski definition) is 1. The standard InChI is InChI=1S/C13H17N3OS/c1-3-13(2,14)12-15-11(17-16-12)9-18-10-7-5-4-6-8-10/h4-8H,3,9,14H2,1-2H3. The van der Waals surface area contributed by atoms with Crippen LogP contribution in [-0.4, -0.2) is 10.1 Å². The largest absolute Gasteiger partial charge is 0.338 e. The van der Waals surface area contributed by atoms with Gasteiger partial charge >= 0.3 is 0 Å². The van der Waals surface area contributed by atoms with Crippen LogP contribution in [0.5, 0.6) is 0 Å². The van der Waals surface area contributed by atoms with Crippen molar-refractivity contribution in [2.75, 3.05) is 0 Å². The second kappa shape index (κ2) is 5.54. The maximum Gasteiger partial charge on any atom is 0.237 e. The van der Waals surface area contributed by atoms with Crippen molar-refractivity contribution in [1.82, 2.24) is 10.1 Å². The molecule has 2 rings (SSSR count). The maximum absolute atomic E-state index is 6.07. The average Bonchev–Trinajstić information content (AvgIpc) is 2.87. The summed E-state index contributed by atoms with van der Waals surface area (Å²) < 4.78 is 5.21. The molecule has 5 heteroatoms. The zero-order valence-electron chi connectivity index (χ0n) is 10.6. The Balaban J connectivity index is 1.99. The van der Waals surface area contributed by atoms with Crippen molar-refractivity contribution in [3.05, 3.63) is 42.0 Å². The molecule has 4 nitrogen and oxygen atoms in total. The van der Waals surface area contributed by atoms with Gasteiger partial charge in [-0.05, 0) is 25.5 Å². The highest BCUT2D eigenvalue weighted by molar-refractivity contribution is 7.98. The summed E-state index contributed by atoms with van der Waals surface area (Å²) >= 11 is 1.67. The number of hydrogen-bond acceptors (Lipinski definition) is 5. The highest BCUT2D eigenvalue weighted by atomic mass is 32.2. The lowest BCUT2D eigenvalue weighted by Gasteiger charge is -2.16. The van der Waals surface area contributed by atoms with E-state index in [9.17, 15) is 0 Å². The van der Waals surface area contributed by atoms with Crippen molar-refractivity contribution in [3.63, 3.8) is 0 Å². The summed E-state index contributed by atoms with van der Waals surface area (Å²) in [4.78, 5) is 5.53. The van der Waals surface area contributed by atoms with E-state index in [0.717, 1.165) is 6.42 Å². The Morgan fingerprint density at radius 1 is 1.33 bits per heavy atom. The third kappa shape index (κ3) is 3.11. The number of aromatic nitrogens is 2. The van der Waals surface area contributed by atoms with Gasteiger partial charge in [-0.15, -0.1) is 11.8 Å². The fourth-order valence-electron chi connectivity index (χ4n) is 1.37. The maximum atomic E-state index is 6.07. The smallest absolute Gasteiger partial charge is 0.237 e. The van der Waals surface area contributed by atoms with E-state index in [0.29, 0.717) is 17.5 Å². The van der Waals surface area contributed by atoms with Gasteiger partial charge in [-0.3, -0.25) is 0 Å². The van der Waals surface area contributed by atoms with E-state index in [4.69, 9.17) is 10.3 Å². The van der Waals surface area contributed by atoms with E-state index in [2.05, 4.69) is 22.3 Å². The Labute approximate surface area is 111 Å². The highest BCUT2D eigenvalue weighted by Crippen LogP contribution is 2.23. The predicted octanol–water partition coefficient (Wildman–Crippen LogP) is 2.95. The summed E-state index contributed by atoms with van der Waals surface area (Å²) in [5.41, 5.74) is 5.55. The van der Waals surface area contributed by atoms with Crippen molar-refractivity contribution in [2.24, 2.45) is 5.73 Å². The second-order valence-corrected chi connectivity index (χ2v) is 5.43. The lowest BCUT2D eigenvalue weighted by atomic mass is 10.0. The van der Waals surface area contributed by atoms with Gasteiger partial charge in [-0.2, -0.15) is 4.98 Å². The summed E-state index contributed by atoms with van der Waals surface area (Å²) in [6, 6.07) is 10.1. The molecule has 1 atom stereocenters. The van der Waals surface area contributed by atoms with Crippen molar-refractivity contribution < 1.29 is 4.52 Å². The van der Waals surface area contributed by atoms with Crippen LogP contribution in [0.15, 0.2) is 39.8 Å². The van der Waals surface area contributed by atoms with Gasteiger partial charge in [0.05, 0.1) is 11.3 Å². The number of nitrogens with two attached hydrogens (primary N) is 1. The highest BCUT2D eigenvalue weighted by Gasteiger charge is 2.25. The van der Waals surface area contributed by atoms with Crippen molar-refractivity contribution in [2.45, 2.75) is 36.5 Å². The number of thioether (sulfide) groups is 1. The minimum atomic E-state index is -0.515. The first-order valence-electron chi connectivity index (χ1n) is 5.91. The molecular weight excluding hydrogens is 246 g/mol. The van der Waals surface area contributed by atoms with Crippen LogP contribution in [0.25, 0.3) is 0 Å². The molecule has 0 saturated carbocycles. The van der Waals surface area contributed by atoms with Gasteiger partial charge in [0.15, 0.2) is 5.82 Å². The summed E-state index contributed by atoms with van der Waals surface area (Å²) in [5.74, 6) is 1.86. The zero-order valence-corrected chi connectivity index (χ0v) is 11.4. The fourth-order valence-corrected chi connectivity index (χ4v) is 2.12. The fraction of sp³-hybridized carbons (Fsp3) is 0.385. The molecule has 2 N–H and O–H groups in total. The molecule has 0 fully saturated rings. The minimum Gasteiger partial charge on any atom is -0.338 e. The van der Waals surface area contributed by atoms with Crippen molar-refractivity contribution in [1.29, 1.82) is 0 Å². The molecule has 0 bridgehead atoms. The molecule has 0 aliphatic carbocycles. The molecule has 1 unspecified atom stereocenters. The Kier molecular flexibility index (Phi) is 4.04. The summed E-state index contributed by atoms with van der Waals surface area (Å²) in [6.45, 7) is 3.92. The van der Waals surface area contributed by atoms with Gasteiger partial charge in [-0.25, -0.2) is 0 Å². The molecule has 0 aliphatic heterocycles. The molecule has 0 spiro atoms. The third-order valence-electron chi connectivity index (χ3n) is 2.82. The van der Waals surface area contributed by atoms with Crippen LogP contribution in [0.2, 0.25) is 0 Å². The van der Waals surface area contributed by atoms with E-state index < -0.39 is 5.54 Å². The SMILES string of the molecule is CCC(C)(N)c1noc(CSc2ccccc2)n1. The first kappa shape index (κ1) is 13.1. The van der Waals surface area contributed by atoms with Gasteiger partial charge in [-0.1, -0.05) is 30.3 Å². The molecular formula is C13H17N3OS. The summed E-state index contributed by atoms with van der Waals surface area (Å²) in [7, 11) is 0. The predicted molar refractivity (Wildman–Crippen MR) is 72.1 cm³/mol. The van der Waals surface area contributed by atoms with Gasteiger partial charge < -0.3 is 10.3 Å². The third-order valence-corrected chi connectivity index (χ3v) is 3.82. The van der Waals surface area contributed by atoms with Crippen LogP contribution in [0, 0.1) is 0 Å². The number of rotatable bonds is 5. The van der Waals surface area contributed by atoms with E-state index in [-0.39, 0.29) is 0 Å². The minimum absolute atomic E-state index is 0.515. The molecule has 96 valence electrons. The monoisotopic (exact) mass is 263 g/mol. The van der Waals surface area contributed by atoms with Gasteiger partial charge in [0.25, 0.3) is 0 Å². The van der Waals surface area contributed by atoms with Crippen LogP contribution >= 0.6 is 11.8 Å². The normalized spacial score (nSPS) is 14.4. The number of benzene rings is 1. The Bertz CT molecular complexity index is 496. The lowest BCUT2D eigenvalue weighted by Crippen LogP contribution is -2.33. The lowest BCUT2D eigenvalue weighted by molar-refractivity contribution is 0.359.